The molecule has 0 aliphatic rings. The van der Waals surface area contributed by atoms with Crippen LogP contribution in [0.15, 0.2) is 24.3 Å². The zero-order valence-electron chi connectivity index (χ0n) is 17.1. The number of rotatable bonds is 6. The molecule has 1 unspecified atom stereocenters. The lowest BCUT2D eigenvalue weighted by Crippen LogP contribution is -2.50. The maximum Gasteiger partial charge on any atom is 0.408 e. The highest BCUT2D eigenvalue weighted by Gasteiger charge is 2.41. The van der Waals surface area contributed by atoms with Crippen LogP contribution >= 0.6 is 0 Å². The topological polar surface area (TPSA) is 73.9 Å². The summed E-state index contributed by atoms with van der Waals surface area (Å²) in [5.41, 5.74) is -0.818. The molecule has 7 heteroatoms. The third-order valence-electron chi connectivity index (χ3n) is 4.81. The van der Waals surface area contributed by atoms with Crippen molar-refractivity contribution in [2.24, 2.45) is 0 Å². The minimum absolute atomic E-state index is 0.0395. The molecule has 0 saturated heterocycles. The predicted octanol–water partition coefficient (Wildman–Crippen LogP) is 4.20. The molecule has 0 bridgehead atoms. The highest BCUT2D eigenvalue weighted by Crippen LogP contribution is 2.38. The van der Waals surface area contributed by atoms with Gasteiger partial charge in [-0.1, -0.05) is 32.9 Å². The smallest absolute Gasteiger partial charge is 0.408 e. The Hall–Kier alpha value is -2.02. The van der Waals surface area contributed by atoms with Crippen LogP contribution < -0.4 is 9.74 Å². The Kier molecular flexibility index (Phi) is 6.87. The van der Waals surface area contributed by atoms with E-state index in [9.17, 15) is 9.59 Å². The van der Waals surface area contributed by atoms with Gasteiger partial charge in [0.2, 0.25) is 8.32 Å². The van der Waals surface area contributed by atoms with Gasteiger partial charge < -0.3 is 19.2 Å². The summed E-state index contributed by atoms with van der Waals surface area (Å²) in [5, 5.41) is 2.64. The van der Waals surface area contributed by atoms with Crippen LogP contribution in [0.4, 0.5) is 4.79 Å². The van der Waals surface area contributed by atoms with Gasteiger partial charge in [0, 0.05) is 0 Å². The van der Waals surface area contributed by atoms with Crippen LogP contribution in [0.2, 0.25) is 18.1 Å². The van der Waals surface area contributed by atoms with Crippen molar-refractivity contribution < 1.29 is 23.5 Å². The van der Waals surface area contributed by atoms with Crippen molar-refractivity contribution in [3.63, 3.8) is 0 Å². The molecule has 0 fully saturated rings. The Morgan fingerprint density at radius 1 is 1.15 bits per heavy atom. The number of esters is 1. The largest absolute Gasteiger partial charge is 0.543 e. The van der Waals surface area contributed by atoms with Crippen molar-refractivity contribution in [3.05, 3.63) is 29.8 Å². The molecule has 0 aliphatic carbocycles. The summed E-state index contributed by atoms with van der Waals surface area (Å²) in [4.78, 5) is 24.3. The van der Waals surface area contributed by atoms with Crippen LogP contribution in [0.5, 0.6) is 5.75 Å². The first kappa shape index (κ1) is 22.0. The molecule has 26 heavy (non-hydrogen) atoms. The van der Waals surface area contributed by atoms with Gasteiger partial charge in [-0.25, -0.2) is 9.59 Å². The first-order chi connectivity index (χ1) is 11.9. The molecule has 146 valence electrons. The summed E-state index contributed by atoms with van der Waals surface area (Å²) in [7, 11) is -0.755. The number of carbonyl (C=O) groups is 2. The fraction of sp³-hybridized carbons (Fsp3) is 0.579. The van der Waals surface area contributed by atoms with Gasteiger partial charge in [0.15, 0.2) is 5.54 Å². The highest BCUT2D eigenvalue weighted by molar-refractivity contribution is 6.74. The van der Waals surface area contributed by atoms with E-state index in [1.165, 1.54) is 7.11 Å². The lowest BCUT2D eigenvalue weighted by Gasteiger charge is -2.37. The van der Waals surface area contributed by atoms with Gasteiger partial charge in [0.25, 0.3) is 0 Å². The van der Waals surface area contributed by atoms with Crippen molar-refractivity contribution in [3.8, 4) is 5.75 Å². The zero-order valence-corrected chi connectivity index (χ0v) is 18.1. The van der Waals surface area contributed by atoms with Crippen LogP contribution in [0, 0.1) is 0 Å². The summed E-state index contributed by atoms with van der Waals surface area (Å²) < 4.78 is 16.1. The number of hydrogen-bond donors (Lipinski definition) is 1. The van der Waals surface area contributed by atoms with E-state index in [2.05, 4.69) is 39.2 Å². The Bertz CT molecular complexity index is 654. The molecule has 0 saturated carbocycles. The van der Waals surface area contributed by atoms with E-state index < -0.39 is 25.9 Å². The van der Waals surface area contributed by atoms with E-state index in [1.807, 2.05) is 6.07 Å². The van der Waals surface area contributed by atoms with E-state index >= 15 is 0 Å². The van der Waals surface area contributed by atoms with Crippen molar-refractivity contribution in [2.45, 2.75) is 58.3 Å². The second kappa shape index (κ2) is 8.12. The second-order valence-corrected chi connectivity index (χ2v) is 12.6. The lowest BCUT2D eigenvalue weighted by atomic mass is 9.92. The Balaban J connectivity index is 3.25. The van der Waals surface area contributed by atoms with Crippen LogP contribution in [0.25, 0.3) is 0 Å². The highest BCUT2D eigenvalue weighted by atomic mass is 28.4. The molecule has 0 spiro atoms. The maximum atomic E-state index is 12.4. The Labute approximate surface area is 157 Å². The third-order valence-corrected chi connectivity index (χ3v) is 9.17. The van der Waals surface area contributed by atoms with E-state index in [4.69, 9.17) is 13.9 Å². The summed E-state index contributed by atoms with van der Waals surface area (Å²) in [6.07, 6.45) is -0.684. The number of alkyl carbamates (subject to hydrolysis) is 1. The normalized spacial score (nSPS) is 14.2. The molecule has 1 amide bonds. The van der Waals surface area contributed by atoms with Gasteiger partial charge in [-0.15, -0.1) is 0 Å². The van der Waals surface area contributed by atoms with E-state index in [0.29, 0.717) is 11.3 Å². The average molecular weight is 382 g/mol. The summed E-state index contributed by atoms with van der Waals surface area (Å²) in [6, 6.07) is 7.17. The van der Waals surface area contributed by atoms with Crippen LogP contribution in [-0.2, 0) is 19.8 Å². The number of benzene rings is 1. The molecule has 1 rings (SSSR count). The van der Waals surface area contributed by atoms with Crippen molar-refractivity contribution in [2.75, 3.05) is 13.7 Å². The molecule has 0 radical (unpaired) electrons. The van der Waals surface area contributed by atoms with Gasteiger partial charge in [0.05, 0.1) is 13.7 Å². The zero-order chi connectivity index (χ0) is 20.2. The Morgan fingerprint density at radius 2 is 1.77 bits per heavy atom. The molecule has 0 heterocycles. The summed E-state index contributed by atoms with van der Waals surface area (Å²) in [5.74, 6) is 0.0740. The third kappa shape index (κ3) is 5.00. The number of hydrogen-bond acceptors (Lipinski definition) is 5. The fourth-order valence-corrected chi connectivity index (χ4v) is 3.16. The van der Waals surface area contributed by atoms with E-state index in [0.717, 1.165) is 0 Å². The number of methoxy groups -OCH3 is 1. The van der Waals surface area contributed by atoms with Gasteiger partial charge in [-0.2, -0.15) is 0 Å². The molecular formula is C19H31NO5Si. The number of carbonyl (C=O) groups excluding carboxylic acids is 2. The first-order valence-corrected chi connectivity index (χ1v) is 11.6. The molecule has 1 aromatic rings. The van der Waals surface area contributed by atoms with Crippen molar-refractivity contribution in [1.29, 1.82) is 0 Å². The van der Waals surface area contributed by atoms with Crippen LogP contribution in [-0.4, -0.2) is 34.1 Å². The molecule has 0 aliphatic heterocycles. The lowest BCUT2D eigenvalue weighted by molar-refractivity contribution is -0.148. The fourth-order valence-electron chi connectivity index (χ4n) is 2.13. The number of ether oxygens (including phenoxy) is 2. The molecule has 1 aromatic carbocycles. The Morgan fingerprint density at radius 3 is 2.27 bits per heavy atom. The predicted molar refractivity (Wildman–Crippen MR) is 104 cm³/mol. The van der Waals surface area contributed by atoms with E-state index in [-0.39, 0.29) is 11.6 Å². The van der Waals surface area contributed by atoms with Gasteiger partial charge >= 0.3 is 12.1 Å². The molecule has 1 atom stereocenters. The van der Waals surface area contributed by atoms with Crippen molar-refractivity contribution in [1.82, 2.24) is 5.32 Å². The number of amides is 1. The minimum atomic E-state index is -2.04. The van der Waals surface area contributed by atoms with Gasteiger partial charge in [-0.3, -0.25) is 0 Å². The molecule has 0 aromatic heterocycles. The minimum Gasteiger partial charge on any atom is -0.543 e. The van der Waals surface area contributed by atoms with Crippen molar-refractivity contribution >= 4 is 20.4 Å². The standard InChI is InChI=1S/C19H31NO5Si/c1-9-24-17(22)20-19(5,16(21)23-6)14-11-10-12-15(13-14)25-26(7,8)18(2,3)4/h10-13H,9H2,1-8H3,(H,20,22). The van der Waals surface area contributed by atoms with Gasteiger partial charge in [0.1, 0.15) is 5.75 Å². The quantitative estimate of drug-likeness (QED) is 0.590. The van der Waals surface area contributed by atoms with E-state index in [1.54, 1.807) is 32.0 Å². The SMILES string of the molecule is CCOC(=O)NC(C)(C(=O)OC)c1cccc(O[Si](C)(C)C(C)(C)C)c1. The molecule has 6 nitrogen and oxygen atoms in total. The van der Waals surface area contributed by atoms with Gasteiger partial charge in [-0.05, 0) is 49.7 Å². The number of nitrogens with one attached hydrogen (secondary N) is 1. The monoisotopic (exact) mass is 381 g/mol. The molecular weight excluding hydrogens is 350 g/mol. The van der Waals surface area contributed by atoms with Crippen LogP contribution in [0.1, 0.15) is 40.2 Å². The second-order valence-electron chi connectivity index (χ2n) is 7.85. The molecule has 1 N–H and O–H groups in total. The van der Waals surface area contributed by atoms with Crippen LogP contribution in [0.3, 0.4) is 0 Å². The summed E-state index contributed by atoms with van der Waals surface area (Å²) in [6.45, 7) is 14.3. The first-order valence-electron chi connectivity index (χ1n) is 8.70. The average Bonchev–Trinajstić information content (AvgIpc) is 2.52. The maximum absolute atomic E-state index is 12.4. The summed E-state index contributed by atoms with van der Waals surface area (Å²) >= 11 is 0.